The molecule has 3 aromatic rings. The van der Waals surface area contributed by atoms with Crippen molar-refractivity contribution in [2.24, 2.45) is 0 Å². The summed E-state index contributed by atoms with van der Waals surface area (Å²) in [7, 11) is 0. The molecule has 0 N–H and O–H groups in total. The van der Waals surface area contributed by atoms with Gasteiger partial charge in [0, 0.05) is 6.20 Å². The Morgan fingerprint density at radius 2 is 1.78 bits per heavy atom. The normalized spacial score (nSPS) is 10.4. The van der Waals surface area contributed by atoms with Gasteiger partial charge in [-0.15, -0.1) is 0 Å². The van der Waals surface area contributed by atoms with Crippen molar-refractivity contribution in [2.75, 3.05) is 13.2 Å². The number of pyridine rings is 1. The summed E-state index contributed by atoms with van der Waals surface area (Å²) in [6, 6.07) is 16.5. The van der Waals surface area contributed by atoms with E-state index in [1.807, 2.05) is 43.3 Å². The first kappa shape index (κ1) is 18.5. The number of carbonyl (C=O) groups is 1. The highest BCUT2D eigenvalue weighted by Crippen LogP contribution is 2.18. The van der Waals surface area contributed by atoms with Gasteiger partial charge in [-0.2, -0.15) is 0 Å². The van der Waals surface area contributed by atoms with Crippen LogP contribution in [-0.4, -0.2) is 29.0 Å². The van der Waals surface area contributed by atoms with E-state index >= 15 is 0 Å². The predicted octanol–water partition coefficient (Wildman–Crippen LogP) is 3.68. The lowest BCUT2D eigenvalue weighted by atomic mass is 10.3. The van der Waals surface area contributed by atoms with Gasteiger partial charge in [0.15, 0.2) is 6.61 Å². The average molecular weight is 366 g/mol. The third-order valence-electron chi connectivity index (χ3n) is 3.86. The van der Waals surface area contributed by atoms with E-state index in [9.17, 15) is 4.79 Å². The SMILES string of the molecule is CCOc1ccc(OCC(=O)N(Cc2ccccn2)Cc2ccco2)cc1. The molecule has 0 aliphatic carbocycles. The molecule has 0 saturated heterocycles. The fraction of sp³-hybridized carbons (Fsp3) is 0.238. The molecule has 0 bridgehead atoms. The minimum atomic E-state index is -0.147. The highest BCUT2D eigenvalue weighted by Gasteiger charge is 2.17. The molecule has 0 radical (unpaired) electrons. The summed E-state index contributed by atoms with van der Waals surface area (Å²) in [4.78, 5) is 18.7. The molecule has 1 aromatic carbocycles. The van der Waals surface area contributed by atoms with Crippen LogP contribution in [0.5, 0.6) is 11.5 Å². The van der Waals surface area contributed by atoms with Crippen molar-refractivity contribution in [2.45, 2.75) is 20.0 Å². The van der Waals surface area contributed by atoms with E-state index < -0.39 is 0 Å². The monoisotopic (exact) mass is 366 g/mol. The maximum absolute atomic E-state index is 12.7. The average Bonchev–Trinajstić information content (AvgIpc) is 3.21. The van der Waals surface area contributed by atoms with Gasteiger partial charge in [0.1, 0.15) is 17.3 Å². The molecule has 2 aromatic heterocycles. The summed E-state index contributed by atoms with van der Waals surface area (Å²) in [6.45, 7) is 3.20. The van der Waals surface area contributed by atoms with E-state index in [1.54, 1.807) is 35.6 Å². The summed E-state index contributed by atoms with van der Waals surface area (Å²) in [5.41, 5.74) is 0.804. The Morgan fingerprint density at radius 3 is 2.41 bits per heavy atom. The second-order valence-electron chi connectivity index (χ2n) is 5.84. The van der Waals surface area contributed by atoms with Crippen molar-refractivity contribution in [1.82, 2.24) is 9.88 Å². The Morgan fingerprint density at radius 1 is 1.00 bits per heavy atom. The van der Waals surface area contributed by atoms with Gasteiger partial charge >= 0.3 is 0 Å². The number of hydrogen-bond acceptors (Lipinski definition) is 5. The Hall–Kier alpha value is -3.28. The van der Waals surface area contributed by atoms with Crippen LogP contribution >= 0.6 is 0 Å². The molecular weight excluding hydrogens is 344 g/mol. The second kappa shape index (κ2) is 9.43. The molecule has 6 heteroatoms. The highest BCUT2D eigenvalue weighted by molar-refractivity contribution is 5.77. The molecule has 6 nitrogen and oxygen atoms in total. The predicted molar refractivity (Wildman–Crippen MR) is 100 cm³/mol. The molecule has 0 fully saturated rings. The van der Waals surface area contributed by atoms with E-state index in [0.717, 1.165) is 11.4 Å². The van der Waals surface area contributed by atoms with Gasteiger partial charge < -0.3 is 18.8 Å². The van der Waals surface area contributed by atoms with E-state index in [-0.39, 0.29) is 12.5 Å². The van der Waals surface area contributed by atoms with Crippen molar-refractivity contribution in [1.29, 1.82) is 0 Å². The van der Waals surface area contributed by atoms with Crippen LogP contribution in [-0.2, 0) is 17.9 Å². The van der Waals surface area contributed by atoms with Gasteiger partial charge in [0.25, 0.3) is 5.91 Å². The quantitative estimate of drug-likeness (QED) is 0.578. The number of benzene rings is 1. The fourth-order valence-corrected chi connectivity index (χ4v) is 2.55. The largest absolute Gasteiger partial charge is 0.494 e. The fourth-order valence-electron chi connectivity index (χ4n) is 2.55. The number of amides is 1. The summed E-state index contributed by atoms with van der Waals surface area (Å²) < 4.78 is 16.4. The Kier molecular flexibility index (Phi) is 6.46. The molecule has 3 rings (SSSR count). The van der Waals surface area contributed by atoms with Gasteiger partial charge in [0.2, 0.25) is 0 Å². The van der Waals surface area contributed by atoms with Crippen molar-refractivity contribution in [3.05, 3.63) is 78.5 Å². The van der Waals surface area contributed by atoms with Crippen LogP contribution in [0.2, 0.25) is 0 Å². The number of rotatable bonds is 9. The Labute approximate surface area is 158 Å². The van der Waals surface area contributed by atoms with Gasteiger partial charge in [0.05, 0.1) is 31.7 Å². The molecule has 140 valence electrons. The smallest absolute Gasteiger partial charge is 0.261 e. The van der Waals surface area contributed by atoms with Crippen LogP contribution in [0.25, 0.3) is 0 Å². The lowest BCUT2D eigenvalue weighted by Crippen LogP contribution is -2.34. The van der Waals surface area contributed by atoms with Crippen LogP contribution in [0.4, 0.5) is 0 Å². The molecule has 2 heterocycles. The van der Waals surface area contributed by atoms with Gasteiger partial charge in [-0.05, 0) is 55.5 Å². The highest BCUT2D eigenvalue weighted by atomic mass is 16.5. The lowest BCUT2D eigenvalue weighted by Gasteiger charge is -2.21. The number of aromatic nitrogens is 1. The first-order valence-electron chi connectivity index (χ1n) is 8.80. The molecule has 27 heavy (non-hydrogen) atoms. The first-order chi connectivity index (χ1) is 13.2. The molecule has 0 atom stereocenters. The number of nitrogens with zero attached hydrogens (tertiary/aromatic N) is 2. The zero-order chi connectivity index (χ0) is 18.9. The number of carbonyl (C=O) groups excluding carboxylic acids is 1. The van der Waals surface area contributed by atoms with Crippen molar-refractivity contribution in [3.63, 3.8) is 0 Å². The maximum atomic E-state index is 12.7. The van der Waals surface area contributed by atoms with Crippen molar-refractivity contribution in [3.8, 4) is 11.5 Å². The summed E-state index contributed by atoms with van der Waals surface area (Å²) in [6.07, 6.45) is 3.30. The minimum absolute atomic E-state index is 0.0679. The number of ether oxygens (including phenoxy) is 2. The summed E-state index contributed by atoms with van der Waals surface area (Å²) in [5, 5.41) is 0. The number of hydrogen-bond donors (Lipinski definition) is 0. The third kappa shape index (κ3) is 5.60. The Bertz CT molecular complexity index is 817. The van der Waals surface area contributed by atoms with Crippen molar-refractivity contribution < 1.29 is 18.7 Å². The third-order valence-corrected chi connectivity index (χ3v) is 3.86. The maximum Gasteiger partial charge on any atom is 0.261 e. The molecular formula is C21H22N2O4. The molecule has 1 amide bonds. The molecule has 0 aliphatic rings. The van der Waals surface area contributed by atoms with Gasteiger partial charge in [-0.25, -0.2) is 0 Å². The van der Waals surface area contributed by atoms with Crippen LogP contribution in [0.3, 0.4) is 0 Å². The molecule has 0 unspecified atom stereocenters. The zero-order valence-electron chi connectivity index (χ0n) is 15.2. The zero-order valence-corrected chi connectivity index (χ0v) is 15.2. The summed E-state index contributed by atoms with van der Waals surface area (Å²) in [5.74, 6) is 1.94. The van der Waals surface area contributed by atoms with Crippen LogP contribution in [0, 0.1) is 0 Å². The molecule has 0 aliphatic heterocycles. The van der Waals surface area contributed by atoms with Crippen LogP contribution in [0.1, 0.15) is 18.4 Å². The topological polar surface area (TPSA) is 64.8 Å². The Balaban J connectivity index is 1.62. The second-order valence-corrected chi connectivity index (χ2v) is 5.84. The summed E-state index contributed by atoms with van der Waals surface area (Å²) >= 11 is 0. The first-order valence-corrected chi connectivity index (χ1v) is 8.80. The van der Waals surface area contributed by atoms with Gasteiger partial charge in [-0.1, -0.05) is 6.07 Å². The number of furan rings is 1. The molecule has 0 saturated carbocycles. The van der Waals surface area contributed by atoms with Crippen LogP contribution in [0.15, 0.2) is 71.5 Å². The standard InChI is InChI=1S/C21H22N2O4/c1-2-25-18-8-10-19(11-9-18)27-16-21(24)23(15-20-7-5-13-26-20)14-17-6-3-4-12-22-17/h3-13H,2,14-16H2,1H3. The minimum Gasteiger partial charge on any atom is -0.494 e. The van der Waals surface area contributed by atoms with E-state index in [0.29, 0.717) is 31.2 Å². The van der Waals surface area contributed by atoms with Crippen LogP contribution < -0.4 is 9.47 Å². The molecule has 0 spiro atoms. The van der Waals surface area contributed by atoms with E-state index in [4.69, 9.17) is 13.9 Å². The van der Waals surface area contributed by atoms with Crippen molar-refractivity contribution >= 4 is 5.91 Å². The van der Waals surface area contributed by atoms with E-state index in [1.165, 1.54) is 0 Å². The van der Waals surface area contributed by atoms with Gasteiger partial charge in [-0.3, -0.25) is 9.78 Å². The lowest BCUT2D eigenvalue weighted by molar-refractivity contribution is -0.135. The van der Waals surface area contributed by atoms with E-state index in [2.05, 4.69) is 4.98 Å².